The lowest BCUT2D eigenvalue weighted by Crippen LogP contribution is -2.36. The monoisotopic (exact) mass is 413 g/mol. The van der Waals surface area contributed by atoms with Gasteiger partial charge in [0.1, 0.15) is 0 Å². The van der Waals surface area contributed by atoms with Crippen molar-refractivity contribution in [2.24, 2.45) is 0 Å². The van der Waals surface area contributed by atoms with E-state index < -0.39 is 0 Å². The Balaban J connectivity index is 1.60. The van der Waals surface area contributed by atoms with E-state index in [0.717, 1.165) is 42.5 Å². The fourth-order valence-corrected chi connectivity index (χ4v) is 3.90. The number of carbonyl (C=O) groups is 2. The highest BCUT2D eigenvalue weighted by molar-refractivity contribution is 6.34. The number of nitrogens with one attached hydrogen (secondary N) is 3. The molecule has 2 aromatic rings. The van der Waals surface area contributed by atoms with Crippen LogP contribution >= 0.6 is 11.6 Å². The Labute approximate surface area is 177 Å². The van der Waals surface area contributed by atoms with Crippen molar-refractivity contribution in [3.05, 3.63) is 58.1 Å². The number of benzene rings is 2. The van der Waals surface area contributed by atoms with Gasteiger partial charge in [-0.15, -0.1) is 0 Å². The Morgan fingerprint density at radius 3 is 2.41 bits per heavy atom. The fraction of sp³-hybridized carbons (Fsp3) is 0.391. The molecule has 5 nitrogen and oxygen atoms in total. The van der Waals surface area contributed by atoms with Gasteiger partial charge in [0, 0.05) is 17.4 Å². The molecule has 1 aliphatic carbocycles. The summed E-state index contributed by atoms with van der Waals surface area (Å²) in [4.78, 5) is 25.0. The van der Waals surface area contributed by atoms with Crippen molar-refractivity contribution in [3.63, 3.8) is 0 Å². The Bertz CT molecular complexity index is 871. The molecule has 29 heavy (non-hydrogen) atoms. The zero-order valence-corrected chi connectivity index (χ0v) is 17.7. The first-order chi connectivity index (χ1) is 13.9. The van der Waals surface area contributed by atoms with Gasteiger partial charge in [-0.2, -0.15) is 0 Å². The van der Waals surface area contributed by atoms with E-state index in [1.807, 2.05) is 32.0 Å². The molecule has 0 aliphatic heterocycles. The van der Waals surface area contributed by atoms with E-state index in [1.54, 1.807) is 18.2 Å². The summed E-state index contributed by atoms with van der Waals surface area (Å²) in [5, 5.41) is 9.51. The number of aryl methyl sites for hydroxylation is 2. The van der Waals surface area contributed by atoms with Crippen LogP contribution in [0.4, 0.5) is 11.4 Å². The van der Waals surface area contributed by atoms with Crippen molar-refractivity contribution >= 4 is 34.8 Å². The average molecular weight is 414 g/mol. The van der Waals surface area contributed by atoms with Gasteiger partial charge in [0.2, 0.25) is 5.91 Å². The smallest absolute Gasteiger partial charge is 0.253 e. The van der Waals surface area contributed by atoms with Gasteiger partial charge in [-0.1, -0.05) is 49.1 Å². The van der Waals surface area contributed by atoms with E-state index >= 15 is 0 Å². The van der Waals surface area contributed by atoms with E-state index in [1.165, 1.54) is 6.42 Å². The van der Waals surface area contributed by atoms with Crippen molar-refractivity contribution in [2.75, 3.05) is 17.2 Å². The molecule has 2 amide bonds. The van der Waals surface area contributed by atoms with Crippen LogP contribution in [-0.4, -0.2) is 24.4 Å². The van der Waals surface area contributed by atoms with Crippen LogP contribution < -0.4 is 16.0 Å². The topological polar surface area (TPSA) is 70.2 Å². The second-order valence-electron chi connectivity index (χ2n) is 7.67. The highest BCUT2D eigenvalue weighted by Gasteiger charge is 2.18. The van der Waals surface area contributed by atoms with E-state index in [0.29, 0.717) is 16.3 Å². The zero-order chi connectivity index (χ0) is 20.8. The lowest BCUT2D eigenvalue weighted by molar-refractivity contribution is -0.114. The molecular weight excluding hydrogens is 386 g/mol. The van der Waals surface area contributed by atoms with Crippen LogP contribution in [0.25, 0.3) is 0 Å². The molecule has 0 spiro atoms. The Kier molecular flexibility index (Phi) is 7.15. The van der Waals surface area contributed by atoms with Crippen molar-refractivity contribution in [1.29, 1.82) is 0 Å². The fourth-order valence-electron chi connectivity index (χ4n) is 3.70. The predicted molar refractivity (Wildman–Crippen MR) is 119 cm³/mol. The molecule has 1 saturated carbocycles. The van der Waals surface area contributed by atoms with Crippen LogP contribution in [0.15, 0.2) is 36.4 Å². The number of halogens is 1. The summed E-state index contributed by atoms with van der Waals surface area (Å²) >= 11 is 6.25. The van der Waals surface area contributed by atoms with Crippen molar-refractivity contribution in [1.82, 2.24) is 5.32 Å². The molecule has 0 aromatic heterocycles. The molecule has 0 saturated heterocycles. The summed E-state index contributed by atoms with van der Waals surface area (Å²) in [6, 6.07) is 11.3. The van der Waals surface area contributed by atoms with Crippen LogP contribution in [0.5, 0.6) is 0 Å². The maximum absolute atomic E-state index is 12.6. The van der Waals surface area contributed by atoms with Crippen LogP contribution in [0.2, 0.25) is 5.02 Å². The summed E-state index contributed by atoms with van der Waals surface area (Å²) in [6.07, 6.45) is 5.56. The molecule has 1 fully saturated rings. The van der Waals surface area contributed by atoms with Gasteiger partial charge in [0.15, 0.2) is 0 Å². The van der Waals surface area contributed by atoms with E-state index in [9.17, 15) is 9.59 Å². The molecule has 2 aromatic carbocycles. The summed E-state index contributed by atoms with van der Waals surface area (Å²) < 4.78 is 0. The van der Waals surface area contributed by atoms with Crippen LogP contribution in [0.1, 0.15) is 53.6 Å². The molecular formula is C23H28ClN3O2. The molecule has 0 heterocycles. The predicted octanol–water partition coefficient (Wildman–Crippen LogP) is 5.07. The van der Waals surface area contributed by atoms with Gasteiger partial charge in [0.05, 0.1) is 17.1 Å². The zero-order valence-electron chi connectivity index (χ0n) is 17.0. The number of hydrogen-bond donors (Lipinski definition) is 3. The molecule has 0 bridgehead atoms. The minimum Gasteiger partial charge on any atom is -0.376 e. The third-order valence-electron chi connectivity index (χ3n) is 5.35. The lowest BCUT2D eigenvalue weighted by atomic mass is 9.95. The minimum absolute atomic E-state index is 0.0963. The third kappa shape index (κ3) is 5.73. The van der Waals surface area contributed by atoms with E-state index in [-0.39, 0.29) is 24.4 Å². The quantitative estimate of drug-likeness (QED) is 0.619. The van der Waals surface area contributed by atoms with E-state index in [4.69, 9.17) is 11.6 Å². The maximum Gasteiger partial charge on any atom is 0.253 e. The van der Waals surface area contributed by atoms with Gasteiger partial charge >= 0.3 is 0 Å². The normalized spacial score (nSPS) is 14.3. The third-order valence-corrected chi connectivity index (χ3v) is 5.68. The molecule has 0 atom stereocenters. The van der Waals surface area contributed by atoms with Gasteiger partial charge < -0.3 is 16.0 Å². The van der Waals surface area contributed by atoms with Crippen LogP contribution in [0, 0.1) is 13.8 Å². The molecule has 0 radical (unpaired) electrons. The number of rotatable bonds is 6. The Hall–Kier alpha value is -2.53. The summed E-state index contributed by atoms with van der Waals surface area (Å²) in [6.45, 7) is 4.03. The molecule has 6 heteroatoms. The number of hydrogen-bond acceptors (Lipinski definition) is 3. The van der Waals surface area contributed by atoms with Crippen LogP contribution in [-0.2, 0) is 4.79 Å². The second kappa shape index (κ2) is 9.79. The van der Waals surface area contributed by atoms with Gasteiger partial charge in [-0.05, 0) is 56.0 Å². The lowest BCUT2D eigenvalue weighted by Gasteiger charge is -2.23. The van der Waals surface area contributed by atoms with Gasteiger partial charge in [0.25, 0.3) is 5.91 Å². The van der Waals surface area contributed by atoms with Crippen LogP contribution in [0.3, 0.4) is 0 Å². The first-order valence-electron chi connectivity index (χ1n) is 10.1. The van der Waals surface area contributed by atoms with Gasteiger partial charge in [-0.3, -0.25) is 9.59 Å². The number of anilines is 2. The molecule has 3 N–H and O–H groups in total. The second-order valence-corrected chi connectivity index (χ2v) is 8.08. The molecule has 1 aliphatic rings. The number of para-hydroxylation sites is 1. The Morgan fingerprint density at radius 1 is 1.03 bits per heavy atom. The maximum atomic E-state index is 12.6. The summed E-state index contributed by atoms with van der Waals surface area (Å²) in [7, 11) is 0. The highest BCUT2D eigenvalue weighted by atomic mass is 35.5. The Morgan fingerprint density at radius 2 is 1.72 bits per heavy atom. The van der Waals surface area contributed by atoms with Crippen molar-refractivity contribution < 1.29 is 9.59 Å². The average Bonchev–Trinajstić information content (AvgIpc) is 2.71. The molecule has 3 rings (SSSR count). The molecule has 154 valence electrons. The molecule has 0 unspecified atom stereocenters. The van der Waals surface area contributed by atoms with Crippen molar-refractivity contribution in [2.45, 2.75) is 52.0 Å². The van der Waals surface area contributed by atoms with Crippen molar-refractivity contribution in [3.8, 4) is 0 Å². The highest BCUT2D eigenvalue weighted by Crippen LogP contribution is 2.23. The summed E-state index contributed by atoms with van der Waals surface area (Å²) in [5.41, 5.74) is 3.98. The minimum atomic E-state index is -0.162. The number of carbonyl (C=O) groups excluding carboxylic acids is 2. The standard InChI is InChI=1S/C23H28ClN3O2/c1-15-7-6-8-16(2)22(15)27-21(28)14-25-18-11-12-20(24)19(13-18)23(29)26-17-9-4-3-5-10-17/h6-8,11-13,17,25H,3-5,9-10,14H2,1-2H3,(H,26,29)(H,27,28). The van der Waals surface area contributed by atoms with Gasteiger partial charge in [-0.25, -0.2) is 0 Å². The van der Waals surface area contributed by atoms with E-state index in [2.05, 4.69) is 16.0 Å². The first kappa shape index (κ1) is 21.2. The number of amides is 2. The first-order valence-corrected chi connectivity index (χ1v) is 10.5. The SMILES string of the molecule is Cc1cccc(C)c1NC(=O)CNc1ccc(Cl)c(C(=O)NC2CCCCC2)c1. The largest absolute Gasteiger partial charge is 0.376 e. The summed E-state index contributed by atoms with van der Waals surface area (Å²) in [5.74, 6) is -0.309.